The monoisotopic (exact) mass is 1510 g/mol. The molecule has 608 valence electrons. The fourth-order valence-corrected chi connectivity index (χ4v) is 12.3. The average molecular weight is 1510 g/mol. The number of phenolic OH excluding ortho intramolecular Hbond substituents is 1. The minimum absolute atomic E-state index is 0.0370. The lowest BCUT2D eigenvalue weighted by Gasteiger charge is -2.33. The van der Waals surface area contributed by atoms with Crippen molar-refractivity contribution in [3.05, 3.63) is 29.8 Å². The van der Waals surface area contributed by atoms with Gasteiger partial charge in [0.2, 0.25) is 70.9 Å². The number of aromatic hydroxyl groups is 1. The minimum atomic E-state index is -1.75. The maximum Gasteiger partial charge on any atom is 0.326 e. The van der Waals surface area contributed by atoms with Crippen LogP contribution in [0.2, 0.25) is 0 Å². The van der Waals surface area contributed by atoms with Crippen molar-refractivity contribution in [3.63, 3.8) is 0 Å². The lowest BCUT2D eigenvalue weighted by Crippen LogP contribution is -2.63. The number of nitrogens with one attached hydrogen (secondary N) is 11. The van der Waals surface area contributed by atoms with Gasteiger partial charge in [-0.25, -0.2) is 4.79 Å². The first-order chi connectivity index (χ1) is 50.3. The average Bonchev–Trinajstić information content (AvgIpc) is 1.62. The summed E-state index contributed by atoms with van der Waals surface area (Å²) >= 11 is 0. The molecule has 0 spiro atoms. The van der Waals surface area contributed by atoms with Gasteiger partial charge in [-0.15, -0.1) is 0 Å². The second-order valence-corrected chi connectivity index (χ2v) is 30.4. The van der Waals surface area contributed by atoms with E-state index in [-0.39, 0.29) is 75.6 Å². The molecule has 0 radical (unpaired) electrons. The number of aliphatic carboxylic acids is 1. The van der Waals surface area contributed by atoms with Gasteiger partial charge in [0.05, 0.1) is 12.1 Å². The van der Waals surface area contributed by atoms with Crippen LogP contribution in [-0.2, 0) is 68.7 Å². The van der Waals surface area contributed by atoms with Crippen molar-refractivity contribution in [1.82, 2.24) is 63.4 Å². The number of aliphatic hydroxyl groups is 1. The van der Waals surface area contributed by atoms with E-state index in [1.807, 2.05) is 13.8 Å². The van der Waals surface area contributed by atoms with Gasteiger partial charge in [-0.05, 0) is 183 Å². The van der Waals surface area contributed by atoms with Crippen LogP contribution >= 0.6 is 0 Å². The Hall–Kier alpha value is -8.11. The molecule has 33 heteroatoms. The van der Waals surface area contributed by atoms with Gasteiger partial charge in [-0.2, -0.15) is 0 Å². The highest BCUT2D eigenvalue weighted by atomic mass is 16.4. The summed E-state index contributed by atoms with van der Waals surface area (Å²) in [5.74, 6) is -13.3. The number of likely N-dealkylation sites (tertiary alicyclic amines) is 1. The third kappa shape index (κ3) is 33.5. The summed E-state index contributed by atoms with van der Waals surface area (Å²) in [5, 5.41) is 60.7. The van der Waals surface area contributed by atoms with Crippen LogP contribution in [0, 0.1) is 35.5 Å². The van der Waals surface area contributed by atoms with Gasteiger partial charge in [0.1, 0.15) is 78.3 Å². The zero-order valence-electron chi connectivity index (χ0n) is 65.4. The molecule has 1 heterocycles. The lowest BCUT2D eigenvalue weighted by atomic mass is 9.97. The summed E-state index contributed by atoms with van der Waals surface area (Å²) in [5.41, 5.74) is 29.7. The van der Waals surface area contributed by atoms with E-state index in [0.717, 1.165) is 0 Å². The maximum absolute atomic E-state index is 14.9. The molecule has 12 amide bonds. The number of hydrogen-bond acceptors (Lipinski definition) is 20. The largest absolute Gasteiger partial charge is 0.508 e. The second-order valence-electron chi connectivity index (χ2n) is 30.4. The van der Waals surface area contributed by atoms with Crippen LogP contribution in [0.25, 0.3) is 0 Å². The summed E-state index contributed by atoms with van der Waals surface area (Å²) < 4.78 is 0. The van der Waals surface area contributed by atoms with E-state index < -0.39 is 185 Å². The van der Waals surface area contributed by atoms with Gasteiger partial charge in [-0.1, -0.05) is 102 Å². The standard InChI is InChI=1S/C74H131N17O16/c1-40(2)37-53(66(98)89-60(45(11)12)74(106)107)83-69(101)57(42(5)6)87-67(99)54(39-47-28-30-48(93)31-29-47)84-72(104)61(46(13)92)90-68(100)56-27-22-36-91(56)73(105)55(38-41(3)4)85-70(102)58(43(7)8)88-71(103)59(44(9)10)86-65(97)52(26-17-21-35-78)82-64(96)51(25-16-20-34-77)81-63(95)50(24-15-19-33-76)80-62(94)49(79)23-14-18-32-75/h28-31,40-46,49-61,92-93H,14-27,32-39,75-79H2,1-13H3,(H,80,94)(H,81,95)(H,82,96)(H,83,101)(H,84,104)(H,85,102)(H,86,97)(H,87,99)(H,88,103)(H,89,98)(H,90,100)(H,106,107)/t46-,49+,50+,51+,52+,53+,54+,55+,56+,57+,58+,59+,60+,61+/m1/s1. The minimum Gasteiger partial charge on any atom is -0.508 e. The summed E-state index contributed by atoms with van der Waals surface area (Å²) in [4.78, 5) is 185. The van der Waals surface area contributed by atoms with E-state index in [1.54, 1.807) is 69.2 Å². The van der Waals surface area contributed by atoms with Crippen molar-refractivity contribution in [3.8, 4) is 5.75 Å². The number of carboxylic acids is 1. The van der Waals surface area contributed by atoms with Gasteiger partial charge >= 0.3 is 5.97 Å². The Balaban J connectivity index is 2.46. The molecule has 0 aliphatic carbocycles. The number of hydrogen-bond donors (Lipinski definition) is 19. The van der Waals surface area contributed by atoms with Crippen LogP contribution < -0.4 is 87.2 Å². The van der Waals surface area contributed by atoms with Gasteiger partial charge in [0, 0.05) is 13.0 Å². The number of rotatable bonds is 51. The molecule has 33 nitrogen and oxygen atoms in total. The molecule has 1 aromatic carbocycles. The number of carbonyl (C=O) groups is 13. The van der Waals surface area contributed by atoms with Crippen LogP contribution in [-0.4, -0.2) is 214 Å². The molecule has 0 aromatic heterocycles. The highest BCUT2D eigenvalue weighted by molar-refractivity contribution is 6.00. The predicted molar refractivity (Wildman–Crippen MR) is 405 cm³/mol. The van der Waals surface area contributed by atoms with Gasteiger partial charge in [-0.3, -0.25) is 57.5 Å². The number of unbranched alkanes of at least 4 members (excludes halogenated alkanes) is 4. The summed E-state index contributed by atoms with van der Waals surface area (Å²) in [6, 6.07) is -10.9. The van der Waals surface area contributed by atoms with Gasteiger partial charge < -0.3 is 107 Å². The van der Waals surface area contributed by atoms with E-state index in [1.165, 1.54) is 36.1 Å². The fraction of sp³-hybridized carbons (Fsp3) is 0.743. The van der Waals surface area contributed by atoms with Crippen LogP contribution in [0.4, 0.5) is 0 Å². The molecule has 107 heavy (non-hydrogen) atoms. The second kappa shape index (κ2) is 49.0. The first-order valence-corrected chi connectivity index (χ1v) is 38.2. The first-order valence-electron chi connectivity index (χ1n) is 38.2. The molecule has 24 N–H and O–H groups in total. The van der Waals surface area contributed by atoms with Crippen LogP contribution in [0.1, 0.15) is 198 Å². The van der Waals surface area contributed by atoms with E-state index in [9.17, 15) is 77.6 Å². The quantitative estimate of drug-likeness (QED) is 0.0358. The van der Waals surface area contributed by atoms with E-state index in [2.05, 4.69) is 58.5 Å². The number of amides is 12. The number of benzene rings is 1. The van der Waals surface area contributed by atoms with E-state index >= 15 is 0 Å². The van der Waals surface area contributed by atoms with Crippen LogP contribution in [0.15, 0.2) is 24.3 Å². The topological polar surface area (TPSA) is 548 Å². The summed E-state index contributed by atoms with van der Waals surface area (Å²) in [6.07, 6.45) is 3.45. The van der Waals surface area contributed by atoms with Crippen molar-refractivity contribution in [2.24, 2.45) is 64.2 Å². The zero-order valence-corrected chi connectivity index (χ0v) is 65.4. The third-order valence-electron chi connectivity index (χ3n) is 18.6. The van der Waals surface area contributed by atoms with Crippen molar-refractivity contribution in [1.29, 1.82) is 0 Å². The van der Waals surface area contributed by atoms with Crippen molar-refractivity contribution in [2.45, 2.75) is 284 Å². The fourth-order valence-electron chi connectivity index (χ4n) is 12.3. The molecule has 0 bridgehead atoms. The summed E-state index contributed by atoms with van der Waals surface area (Å²) in [7, 11) is 0. The molecule has 14 atom stereocenters. The van der Waals surface area contributed by atoms with Crippen molar-refractivity contribution < 1.29 is 77.6 Å². The number of aliphatic hydroxyl groups excluding tert-OH is 1. The Morgan fingerprint density at radius 2 is 0.748 bits per heavy atom. The zero-order chi connectivity index (χ0) is 80.9. The van der Waals surface area contributed by atoms with Gasteiger partial charge in [0.15, 0.2) is 0 Å². The normalized spacial score (nSPS) is 16.7. The molecule has 1 aliphatic rings. The Bertz CT molecular complexity index is 3010. The smallest absolute Gasteiger partial charge is 0.326 e. The molecule has 1 saturated heterocycles. The number of nitrogens with zero attached hydrogens (tertiary/aromatic N) is 1. The molecular formula is C74H131N17O16. The third-order valence-corrected chi connectivity index (χ3v) is 18.6. The number of phenols is 1. The molecule has 1 aromatic rings. The first kappa shape index (κ1) is 95.0. The Morgan fingerprint density at radius 1 is 0.411 bits per heavy atom. The predicted octanol–water partition coefficient (Wildman–Crippen LogP) is -0.717. The summed E-state index contributed by atoms with van der Waals surface area (Å²) in [6.45, 7) is 23.0. The number of carbonyl (C=O) groups excluding carboxylic acids is 12. The van der Waals surface area contributed by atoms with Gasteiger partial charge in [0.25, 0.3) is 0 Å². The number of carboxylic acid groups (broad SMARTS) is 1. The van der Waals surface area contributed by atoms with E-state index in [0.29, 0.717) is 89.4 Å². The number of nitrogens with two attached hydrogens (primary N) is 5. The maximum atomic E-state index is 14.9. The highest BCUT2D eigenvalue weighted by Crippen LogP contribution is 2.23. The van der Waals surface area contributed by atoms with Crippen LogP contribution in [0.5, 0.6) is 5.75 Å². The Morgan fingerprint density at radius 3 is 1.16 bits per heavy atom. The highest BCUT2D eigenvalue weighted by Gasteiger charge is 2.43. The molecule has 2 rings (SSSR count). The molecule has 1 fully saturated rings. The van der Waals surface area contributed by atoms with Crippen LogP contribution in [0.3, 0.4) is 0 Å². The van der Waals surface area contributed by atoms with Crippen molar-refractivity contribution in [2.75, 3.05) is 32.7 Å². The molecular weight excluding hydrogens is 1380 g/mol. The molecule has 0 saturated carbocycles. The molecule has 0 unspecified atom stereocenters. The van der Waals surface area contributed by atoms with Crippen molar-refractivity contribution >= 4 is 76.9 Å². The Labute approximate surface area is 631 Å². The van der Waals surface area contributed by atoms with E-state index in [4.69, 9.17) is 28.7 Å². The lowest BCUT2D eigenvalue weighted by molar-refractivity contribution is -0.143. The molecule has 1 aliphatic heterocycles. The Kier molecular flexibility index (Phi) is 43.5. The SMILES string of the molecule is CC(C)C[C@H](NC(=O)[C@@H](NC(=O)[C@H](Cc1ccc(O)cc1)NC(=O)[C@@H](NC(=O)[C@@H]1CCCN1C(=O)[C@H](CC(C)C)NC(=O)[C@@H](NC(=O)[C@@H](NC(=O)[C@H](CCCCN)NC(=O)[C@H](CCCCN)NC(=O)[C@H](CCCCN)NC(=O)[C@@H](N)CCCCN)C(C)C)C(C)C)[C@@H](C)O)C(C)C)C(=O)N[C@H](C(=O)O)C(C)C.